The molecule has 0 aliphatic carbocycles. The fraction of sp³-hybridized carbons (Fsp3) is 0.125. The number of hydrogen-bond acceptors (Lipinski definition) is 0. The van der Waals surface area contributed by atoms with Gasteiger partial charge >= 0.3 is 0 Å². The minimum Gasteiger partial charge on any atom is -0.0843 e. The van der Waals surface area contributed by atoms with Crippen molar-refractivity contribution in [3.8, 4) is 0 Å². The number of hydrogen-bond donors (Lipinski definition) is 0. The Hall–Kier alpha value is -1.05. The molecule has 0 spiro atoms. The first-order valence-electron chi connectivity index (χ1n) is 5.85. The van der Waals surface area contributed by atoms with Crippen molar-refractivity contribution in [3.05, 3.63) is 76.8 Å². The third-order valence-electron chi connectivity index (χ3n) is 2.84. The van der Waals surface area contributed by atoms with Crippen LogP contribution in [0.25, 0.3) is 4.48 Å². The Kier molecular flexibility index (Phi) is 4.62. The lowest BCUT2D eigenvalue weighted by molar-refractivity contribution is 0.972. The molecule has 0 nitrogen and oxygen atoms in total. The van der Waals surface area contributed by atoms with E-state index in [1.807, 2.05) is 30.3 Å². The van der Waals surface area contributed by atoms with E-state index < -0.39 is 0 Å². The van der Waals surface area contributed by atoms with Crippen molar-refractivity contribution in [2.24, 2.45) is 0 Å². The van der Waals surface area contributed by atoms with Gasteiger partial charge in [-0.2, -0.15) is 0 Å². The number of rotatable bonds is 3. The van der Waals surface area contributed by atoms with Crippen molar-refractivity contribution in [1.29, 1.82) is 0 Å². The molecule has 0 amide bonds. The highest BCUT2D eigenvalue weighted by molar-refractivity contribution is 9.15. The zero-order valence-electron chi connectivity index (χ0n) is 10.1. The monoisotopic (exact) mass is 320 g/mol. The summed E-state index contributed by atoms with van der Waals surface area (Å²) >= 11 is 9.51. The number of halogens is 2. The van der Waals surface area contributed by atoms with E-state index >= 15 is 0 Å². The van der Waals surface area contributed by atoms with Gasteiger partial charge in [-0.1, -0.05) is 83.0 Å². The maximum atomic E-state index is 5.88. The largest absolute Gasteiger partial charge is 0.0843 e. The Morgan fingerprint density at radius 2 is 1.67 bits per heavy atom. The Morgan fingerprint density at radius 1 is 1.06 bits per heavy atom. The molecule has 0 saturated heterocycles. The van der Waals surface area contributed by atoms with Crippen molar-refractivity contribution in [2.75, 3.05) is 0 Å². The summed E-state index contributed by atoms with van der Waals surface area (Å²) in [6.07, 6.45) is 2.21. The first-order chi connectivity index (χ1) is 8.66. The molecule has 0 N–H and O–H groups in total. The van der Waals surface area contributed by atoms with Crippen LogP contribution in [-0.4, -0.2) is 0 Å². The summed E-state index contributed by atoms with van der Waals surface area (Å²) < 4.78 is 1.09. The summed E-state index contributed by atoms with van der Waals surface area (Å²) in [6.45, 7) is 2.19. The van der Waals surface area contributed by atoms with Crippen molar-refractivity contribution < 1.29 is 0 Å². The predicted molar refractivity (Wildman–Crippen MR) is 83.2 cm³/mol. The van der Waals surface area contributed by atoms with E-state index in [9.17, 15) is 0 Å². The zero-order valence-corrected chi connectivity index (χ0v) is 12.4. The minimum atomic E-state index is 0.372. The number of allylic oxidation sites excluding steroid dienone is 1. The second-order valence-corrected chi connectivity index (χ2v) is 5.51. The zero-order chi connectivity index (χ0) is 13.0. The topological polar surface area (TPSA) is 0 Å². The van der Waals surface area contributed by atoms with E-state index in [2.05, 4.69) is 53.2 Å². The van der Waals surface area contributed by atoms with Crippen molar-refractivity contribution in [1.82, 2.24) is 0 Å². The summed E-state index contributed by atoms with van der Waals surface area (Å²) in [5.74, 6) is 0.372. The molecule has 0 radical (unpaired) electrons. The Balaban J connectivity index is 2.20. The van der Waals surface area contributed by atoms with Crippen LogP contribution in [0.5, 0.6) is 0 Å². The second-order valence-electron chi connectivity index (χ2n) is 4.22. The van der Waals surface area contributed by atoms with Gasteiger partial charge in [0.2, 0.25) is 0 Å². The van der Waals surface area contributed by atoms with Crippen LogP contribution in [-0.2, 0) is 0 Å². The summed E-state index contributed by atoms with van der Waals surface area (Å²) in [5, 5.41) is 0.759. The van der Waals surface area contributed by atoms with E-state index in [-0.39, 0.29) is 0 Å². The quantitative estimate of drug-likeness (QED) is 0.662. The molecule has 2 rings (SSSR count). The average Bonchev–Trinajstić information content (AvgIpc) is 2.40. The SMILES string of the molecule is CC(/C=C(/Br)c1ccc(Cl)cc1)c1ccccc1. The van der Waals surface area contributed by atoms with Crippen LogP contribution in [0.1, 0.15) is 24.0 Å². The van der Waals surface area contributed by atoms with Crippen LogP contribution >= 0.6 is 27.5 Å². The molecule has 0 saturated carbocycles. The third-order valence-corrected chi connectivity index (χ3v) is 3.82. The van der Waals surface area contributed by atoms with Crippen LogP contribution in [0.15, 0.2) is 60.7 Å². The predicted octanol–water partition coefficient (Wildman–Crippen LogP) is 5.88. The highest BCUT2D eigenvalue weighted by atomic mass is 79.9. The van der Waals surface area contributed by atoms with Crippen LogP contribution < -0.4 is 0 Å². The molecule has 0 bridgehead atoms. The fourth-order valence-electron chi connectivity index (χ4n) is 1.78. The second kappa shape index (κ2) is 6.21. The van der Waals surface area contributed by atoms with Gasteiger partial charge in [-0.05, 0) is 23.3 Å². The van der Waals surface area contributed by atoms with Crippen molar-refractivity contribution in [3.63, 3.8) is 0 Å². The van der Waals surface area contributed by atoms with Crippen LogP contribution in [0.4, 0.5) is 0 Å². The summed E-state index contributed by atoms with van der Waals surface area (Å²) in [4.78, 5) is 0. The molecule has 0 aliphatic heterocycles. The standard InChI is InChI=1S/C16H14BrCl/c1-12(13-5-3-2-4-6-13)11-16(17)14-7-9-15(18)10-8-14/h2-12H,1H3/b16-11+. The average molecular weight is 322 g/mol. The number of benzene rings is 2. The molecule has 2 aromatic carbocycles. The lowest BCUT2D eigenvalue weighted by Crippen LogP contribution is -1.89. The van der Waals surface area contributed by atoms with Gasteiger partial charge in [0.1, 0.15) is 0 Å². The molecule has 1 unspecified atom stereocenters. The Labute approximate surface area is 121 Å². The van der Waals surface area contributed by atoms with Gasteiger partial charge in [0, 0.05) is 15.4 Å². The van der Waals surface area contributed by atoms with Crippen LogP contribution in [0, 0.1) is 0 Å². The van der Waals surface area contributed by atoms with Gasteiger partial charge in [-0.15, -0.1) is 0 Å². The van der Waals surface area contributed by atoms with Gasteiger partial charge in [-0.25, -0.2) is 0 Å². The molecule has 0 aliphatic rings. The van der Waals surface area contributed by atoms with Gasteiger partial charge in [-0.3, -0.25) is 0 Å². The van der Waals surface area contributed by atoms with Crippen LogP contribution in [0.3, 0.4) is 0 Å². The smallest absolute Gasteiger partial charge is 0.0406 e. The molecule has 92 valence electrons. The molecular formula is C16H14BrCl. The molecule has 0 fully saturated rings. The molecule has 0 heterocycles. The molecule has 2 heteroatoms. The lowest BCUT2D eigenvalue weighted by atomic mass is 10.00. The van der Waals surface area contributed by atoms with Crippen molar-refractivity contribution >= 4 is 32.0 Å². The molecule has 0 aromatic heterocycles. The fourth-order valence-corrected chi connectivity index (χ4v) is 2.56. The van der Waals surface area contributed by atoms with E-state index in [1.54, 1.807) is 0 Å². The van der Waals surface area contributed by atoms with E-state index in [0.717, 1.165) is 15.1 Å². The summed E-state index contributed by atoms with van der Waals surface area (Å²) in [6, 6.07) is 18.3. The van der Waals surface area contributed by atoms with Gasteiger partial charge in [0.15, 0.2) is 0 Å². The molecule has 18 heavy (non-hydrogen) atoms. The molecule has 1 atom stereocenters. The van der Waals surface area contributed by atoms with Crippen molar-refractivity contribution in [2.45, 2.75) is 12.8 Å². The first kappa shape index (κ1) is 13.4. The van der Waals surface area contributed by atoms with E-state index in [1.165, 1.54) is 5.56 Å². The maximum Gasteiger partial charge on any atom is 0.0406 e. The highest BCUT2D eigenvalue weighted by Crippen LogP contribution is 2.27. The van der Waals surface area contributed by atoms with Crippen LogP contribution in [0.2, 0.25) is 5.02 Å². The van der Waals surface area contributed by atoms with E-state index in [4.69, 9.17) is 11.6 Å². The lowest BCUT2D eigenvalue weighted by Gasteiger charge is -2.08. The van der Waals surface area contributed by atoms with E-state index in [0.29, 0.717) is 5.92 Å². The Bertz CT molecular complexity index is 529. The summed E-state index contributed by atoms with van der Waals surface area (Å²) in [7, 11) is 0. The molecular weight excluding hydrogens is 308 g/mol. The van der Waals surface area contributed by atoms with Gasteiger partial charge in [0.05, 0.1) is 0 Å². The molecule has 2 aromatic rings. The summed E-state index contributed by atoms with van der Waals surface area (Å²) in [5.41, 5.74) is 2.45. The Morgan fingerprint density at radius 3 is 2.28 bits per heavy atom. The third kappa shape index (κ3) is 3.47. The minimum absolute atomic E-state index is 0.372. The van der Waals surface area contributed by atoms with Gasteiger partial charge in [0.25, 0.3) is 0 Å². The highest BCUT2D eigenvalue weighted by Gasteiger charge is 2.04. The normalized spacial score (nSPS) is 13.4. The maximum absolute atomic E-state index is 5.88. The van der Waals surface area contributed by atoms with Gasteiger partial charge < -0.3 is 0 Å². The first-order valence-corrected chi connectivity index (χ1v) is 7.02.